The minimum absolute atomic E-state index is 0.278. The summed E-state index contributed by atoms with van der Waals surface area (Å²) in [4.78, 5) is 22.6. The van der Waals surface area contributed by atoms with Gasteiger partial charge in [-0.15, -0.1) is 0 Å². The summed E-state index contributed by atoms with van der Waals surface area (Å²) in [6.45, 7) is 3.26. The van der Waals surface area contributed by atoms with Gasteiger partial charge in [0, 0.05) is 0 Å². The van der Waals surface area contributed by atoms with Crippen LogP contribution in [-0.4, -0.2) is 25.1 Å². The molecule has 0 radical (unpaired) electrons. The van der Waals surface area contributed by atoms with Crippen molar-refractivity contribution in [2.24, 2.45) is 5.73 Å². The maximum absolute atomic E-state index is 11.8. The summed E-state index contributed by atoms with van der Waals surface area (Å²) in [7, 11) is 1.46. The van der Waals surface area contributed by atoms with Gasteiger partial charge in [0.25, 0.3) is 5.91 Å². The zero-order chi connectivity index (χ0) is 13.0. The van der Waals surface area contributed by atoms with Crippen LogP contribution in [0.2, 0.25) is 0 Å². The largest absolute Gasteiger partial charge is 0.496 e. The van der Waals surface area contributed by atoms with Gasteiger partial charge in [-0.25, -0.2) is 4.79 Å². The van der Waals surface area contributed by atoms with Crippen LogP contribution in [0.1, 0.15) is 22.8 Å². The number of methoxy groups -OCH3 is 1. The van der Waals surface area contributed by atoms with Crippen molar-refractivity contribution in [3.8, 4) is 5.75 Å². The molecule has 92 valence electrons. The highest BCUT2D eigenvalue weighted by molar-refractivity contribution is 5.94. The van der Waals surface area contributed by atoms with Crippen molar-refractivity contribution >= 4 is 11.9 Å². The van der Waals surface area contributed by atoms with Crippen molar-refractivity contribution in [1.82, 2.24) is 0 Å². The summed E-state index contributed by atoms with van der Waals surface area (Å²) in [5.41, 5.74) is 6.19. The van der Waals surface area contributed by atoms with Crippen LogP contribution in [0.25, 0.3) is 0 Å². The standard InChI is InChI=1S/C12H15NO4/c1-7-4-5-10(16-3)9(6-7)12(15)17-8(2)11(13)14/h4-6,8H,1-3H3,(H2,13,14)/t8-/m0/s1. The van der Waals surface area contributed by atoms with Crippen molar-refractivity contribution in [2.45, 2.75) is 20.0 Å². The van der Waals surface area contributed by atoms with Crippen molar-refractivity contribution in [3.05, 3.63) is 29.3 Å². The molecular weight excluding hydrogens is 222 g/mol. The van der Waals surface area contributed by atoms with E-state index in [1.54, 1.807) is 12.1 Å². The lowest BCUT2D eigenvalue weighted by atomic mass is 10.1. The molecule has 0 unspecified atom stereocenters. The molecule has 1 rings (SSSR count). The Kier molecular flexibility index (Phi) is 4.09. The molecule has 1 amide bonds. The van der Waals surface area contributed by atoms with E-state index < -0.39 is 18.0 Å². The number of hydrogen-bond donors (Lipinski definition) is 1. The first kappa shape index (κ1) is 13.0. The summed E-state index contributed by atoms with van der Waals surface area (Å²) in [6, 6.07) is 5.11. The lowest BCUT2D eigenvalue weighted by Crippen LogP contribution is -2.30. The average Bonchev–Trinajstić information content (AvgIpc) is 2.28. The third-order valence-corrected chi connectivity index (χ3v) is 2.26. The zero-order valence-corrected chi connectivity index (χ0v) is 10.0. The molecule has 0 aliphatic carbocycles. The van der Waals surface area contributed by atoms with Crippen molar-refractivity contribution in [2.75, 3.05) is 7.11 Å². The summed E-state index contributed by atoms with van der Waals surface area (Å²) in [6.07, 6.45) is -0.965. The number of esters is 1. The minimum Gasteiger partial charge on any atom is -0.496 e. The topological polar surface area (TPSA) is 78.6 Å². The number of carbonyl (C=O) groups excluding carboxylic acids is 2. The van der Waals surface area contributed by atoms with Crippen molar-refractivity contribution in [1.29, 1.82) is 0 Å². The van der Waals surface area contributed by atoms with E-state index in [9.17, 15) is 9.59 Å². The van der Waals surface area contributed by atoms with Crippen LogP contribution in [0.3, 0.4) is 0 Å². The van der Waals surface area contributed by atoms with Crippen LogP contribution in [0.15, 0.2) is 18.2 Å². The van der Waals surface area contributed by atoms with Crippen molar-refractivity contribution < 1.29 is 19.1 Å². The fourth-order valence-corrected chi connectivity index (χ4v) is 1.26. The van der Waals surface area contributed by atoms with E-state index in [1.165, 1.54) is 14.0 Å². The predicted molar refractivity (Wildman–Crippen MR) is 61.8 cm³/mol. The average molecular weight is 237 g/mol. The Labute approximate surface area is 99.5 Å². The Morgan fingerprint density at radius 2 is 2.00 bits per heavy atom. The molecule has 0 spiro atoms. The summed E-state index contributed by atoms with van der Waals surface area (Å²) in [5, 5.41) is 0. The fraction of sp³-hybridized carbons (Fsp3) is 0.333. The maximum atomic E-state index is 11.8. The molecule has 1 aromatic rings. The highest BCUT2D eigenvalue weighted by atomic mass is 16.5. The number of carbonyl (C=O) groups is 2. The molecule has 17 heavy (non-hydrogen) atoms. The maximum Gasteiger partial charge on any atom is 0.342 e. The summed E-state index contributed by atoms with van der Waals surface area (Å²) < 4.78 is 9.95. The highest BCUT2D eigenvalue weighted by Crippen LogP contribution is 2.20. The zero-order valence-electron chi connectivity index (χ0n) is 10.0. The van der Waals surface area contributed by atoms with E-state index in [1.807, 2.05) is 13.0 Å². The number of primary amides is 1. The molecule has 0 heterocycles. The molecule has 1 atom stereocenters. The molecule has 1 aromatic carbocycles. The first-order valence-electron chi connectivity index (χ1n) is 5.10. The highest BCUT2D eigenvalue weighted by Gasteiger charge is 2.19. The van der Waals surface area contributed by atoms with Gasteiger partial charge in [-0.1, -0.05) is 11.6 Å². The lowest BCUT2D eigenvalue weighted by Gasteiger charge is -2.12. The summed E-state index contributed by atoms with van der Waals surface area (Å²) in [5.74, 6) is -0.918. The van der Waals surface area contributed by atoms with Gasteiger partial charge in [0.1, 0.15) is 11.3 Å². The van der Waals surface area contributed by atoms with Crippen LogP contribution in [0.4, 0.5) is 0 Å². The Hall–Kier alpha value is -2.04. The van der Waals surface area contributed by atoms with E-state index in [0.29, 0.717) is 5.75 Å². The number of ether oxygens (including phenoxy) is 2. The number of aryl methyl sites for hydroxylation is 1. The lowest BCUT2D eigenvalue weighted by molar-refractivity contribution is -0.125. The third-order valence-electron chi connectivity index (χ3n) is 2.26. The smallest absolute Gasteiger partial charge is 0.342 e. The molecule has 5 heteroatoms. The SMILES string of the molecule is COc1ccc(C)cc1C(=O)O[C@@H](C)C(N)=O. The molecule has 0 bridgehead atoms. The number of amides is 1. The van der Waals surface area contributed by atoms with Gasteiger partial charge in [-0.05, 0) is 26.0 Å². The third kappa shape index (κ3) is 3.21. The Morgan fingerprint density at radius 1 is 1.35 bits per heavy atom. The van der Waals surface area contributed by atoms with E-state index in [4.69, 9.17) is 15.2 Å². The Balaban J connectivity index is 2.95. The fourth-order valence-electron chi connectivity index (χ4n) is 1.26. The molecular formula is C12H15NO4. The quantitative estimate of drug-likeness (QED) is 0.793. The number of benzene rings is 1. The molecule has 0 fully saturated rings. The molecule has 0 aromatic heterocycles. The van der Waals surface area contributed by atoms with Gasteiger partial charge >= 0.3 is 5.97 Å². The monoisotopic (exact) mass is 237 g/mol. The van der Waals surface area contributed by atoms with Gasteiger partial charge in [-0.3, -0.25) is 4.79 Å². The van der Waals surface area contributed by atoms with Gasteiger partial charge in [0.05, 0.1) is 7.11 Å². The second-order valence-electron chi connectivity index (χ2n) is 3.65. The van der Waals surface area contributed by atoms with E-state index in [2.05, 4.69) is 0 Å². The van der Waals surface area contributed by atoms with Crippen LogP contribution in [0.5, 0.6) is 5.75 Å². The van der Waals surface area contributed by atoms with Crippen LogP contribution < -0.4 is 10.5 Å². The number of hydrogen-bond acceptors (Lipinski definition) is 4. The molecule has 5 nitrogen and oxygen atoms in total. The second kappa shape index (κ2) is 5.34. The van der Waals surface area contributed by atoms with Crippen LogP contribution in [0, 0.1) is 6.92 Å². The van der Waals surface area contributed by atoms with Gasteiger partial charge in [0.2, 0.25) is 0 Å². The minimum atomic E-state index is -0.965. The summed E-state index contributed by atoms with van der Waals surface area (Å²) >= 11 is 0. The van der Waals surface area contributed by atoms with E-state index in [0.717, 1.165) is 5.56 Å². The van der Waals surface area contributed by atoms with E-state index >= 15 is 0 Å². The van der Waals surface area contributed by atoms with E-state index in [-0.39, 0.29) is 5.56 Å². The molecule has 0 aliphatic rings. The first-order chi connectivity index (χ1) is 7.95. The Morgan fingerprint density at radius 3 is 2.53 bits per heavy atom. The molecule has 0 aliphatic heterocycles. The molecule has 2 N–H and O–H groups in total. The van der Waals surface area contributed by atoms with Crippen LogP contribution in [-0.2, 0) is 9.53 Å². The number of nitrogens with two attached hydrogens (primary N) is 1. The molecule has 0 saturated heterocycles. The molecule has 0 saturated carbocycles. The van der Waals surface area contributed by atoms with Gasteiger partial charge in [0.15, 0.2) is 6.10 Å². The normalized spacial score (nSPS) is 11.7. The first-order valence-corrected chi connectivity index (χ1v) is 5.10. The van der Waals surface area contributed by atoms with Crippen LogP contribution >= 0.6 is 0 Å². The van der Waals surface area contributed by atoms with Gasteiger partial charge < -0.3 is 15.2 Å². The van der Waals surface area contributed by atoms with Gasteiger partial charge in [-0.2, -0.15) is 0 Å². The second-order valence-corrected chi connectivity index (χ2v) is 3.65. The number of rotatable bonds is 4. The van der Waals surface area contributed by atoms with Crippen molar-refractivity contribution in [3.63, 3.8) is 0 Å². The predicted octanol–water partition coefficient (Wildman–Crippen LogP) is 1.03. The Bertz CT molecular complexity index is 442.